The summed E-state index contributed by atoms with van der Waals surface area (Å²) in [6.07, 6.45) is 3.91. The van der Waals surface area contributed by atoms with Crippen molar-refractivity contribution in [1.82, 2.24) is 5.32 Å². The standard InChI is InChI=1S/C11H17NO3/c1-2-3-6-4-9(6)12-10(13)7-5-8(7)11(14)15/h6-9H,2-5H2,1H3,(H,12,13)(H,14,15)/t6?,7-,8+,9?/m1/s1. The van der Waals surface area contributed by atoms with Crippen molar-refractivity contribution < 1.29 is 14.7 Å². The average molecular weight is 211 g/mol. The Kier molecular flexibility index (Phi) is 2.67. The van der Waals surface area contributed by atoms with Crippen LogP contribution in [0.5, 0.6) is 0 Å². The summed E-state index contributed by atoms with van der Waals surface area (Å²) in [5.74, 6) is -0.929. The molecule has 0 heterocycles. The number of hydrogen-bond acceptors (Lipinski definition) is 2. The Hall–Kier alpha value is -1.06. The summed E-state index contributed by atoms with van der Waals surface area (Å²) in [7, 11) is 0. The van der Waals surface area contributed by atoms with Crippen molar-refractivity contribution in [3.63, 3.8) is 0 Å². The van der Waals surface area contributed by atoms with E-state index in [0.717, 1.165) is 19.3 Å². The topological polar surface area (TPSA) is 66.4 Å². The third kappa shape index (κ3) is 2.30. The molecule has 0 aromatic rings. The van der Waals surface area contributed by atoms with Gasteiger partial charge in [-0.1, -0.05) is 13.3 Å². The summed E-state index contributed by atoms with van der Waals surface area (Å²) >= 11 is 0. The lowest BCUT2D eigenvalue weighted by Crippen LogP contribution is -2.29. The molecule has 0 bridgehead atoms. The van der Waals surface area contributed by atoms with Crippen molar-refractivity contribution in [1.29, 1.82) is 0 Å². The van der Waals surface area contributed by atoms with Crippen LogP contribution in [0.3, 0.4) is 0 Å². The van der Waals surface area contributed by atoms with Crippen LogP contribution in [0.2, 0.25) is 0 Å². The zero-order valence-electron chi connectivity index (χ0n) is 8.90. The highest BCUT2D eigenvalue weighted by molar-refractivity contribution is 5.89. The quantitative estimate of drug-likeness (QED) is 0.713. The summed E-state index contributed by atoms with van der Waals surface area (Å²) in [6.45, 7) is 2.14. The summed E-state index contributed by atoms with van der Waals surface area (Å²) < 4.78 is 0. The molecule has 15 heavy (non-hydrogen) atoms. The first-order chi connectivity index (χ1) is 7.13. The van der Waals surface area contributed by atoms with Gasteiger partial charge in [-0.3, -0.25) is 9.59 Å². The summed E-state index contributed by atoms with van der Waals surface area (Å²) in [5.41, 5.74) is 0. The van der Waals surface area contributed by atoms with Crippen molar-refractivity contribution in [3.8, 4) is 0 Å². The predicted molar refractivity (Wildman–Crippen MR) is 54.2 cm³/mol. The van der Waals surface area contributed by atoms with Gasteiger partial charge >= 0.3 is 5.97 Å². The van der Waals surface area contributed by atoms with Gasteiger partial charge in [0.15, 0.2) is 0 Å². The fourth-order valence-electron chi connectivity index (χ4n) is 2.16. The maximum absolute atomic E-state index is 11.5. The van der Waals surface area contributed by atoms with E-state index in [4.69, 9.17) is 5.11 Å². The average Bonchev–Trinajstić information content (AvgIpc) is 2.99. The summed E-state index contributed by atoms with van der Waals surface area (Å²) in [6, 6.07) is 0.326. The molecule has 2 rings (SSSR count). The fraction of sp³-hybridized carbons (Fsp3) is 0.818. The van der Waals surface area contributed by atoms with E-state index in [1.807, 2.05) is 0 Å². The highest BCUT2D eigenvalue weighted by Gasteiger charge is 2.50. The third-order valence-electron chi connectivity index (χ3n) is 3.35. The zero-order valence-corrected chi connectivity index (χ0v) is 8.90. The number of amides is 1. The number of carboxylic acids is 1. The first-order valence-electron chi connectivity index (χ1n) is 5.66. The van der Waals surface area contributed by atoms with Gasteiger partial charge in [-0.25, -0.2) is 0 Å². The van der Waals surface area contributed by atoms with Gasteiger partial charge in [0.1, 0.15) is 0 Å². The van der Waals surface area contributed by atoms with E-state index in [-0.39, 0.29) is 11.8 Å². The summed E-state index contributed by atoms with van der Waals surface area (Å²) in [5, 5.41) is 11.6. The van der Waals surface area contributed by atoms with Crippen molar-refractivity contribution in [2.75, 3.05) is 0 Å². The monoisotopic (exact) mass is 211 g/mol. The highest BCUT2D eigenvalue weighted by Crippen LogP contribution is 2.41. The molecule has 4 nitrogen and oxygen atoms in total. The van der Waals surface area contributed by atoms with Crippen LogP contribution in [-0.4, -0.2) is 23.0 Å². The first kappa shape index (κ1) is 10.5. The first-order valence-corrected chi connectivity index (χ1v) is 5.66. The van der Waals surface area contributed by atoms with Gasteiger partial charge < -0.3 is 10.4 Å². The molecule has 1 amide bonds. The molecule has 0 spiro atoms. The lowest BCUT2D eigenvalue weighted by Gasteiger charge is -2.02. The Labute approximate surface area is 89.0 Å². The largest absolute Gasteiger partial charge is 0.481 e. The SMILES string of the molecule is CCCC1CC1NC(=O)[C@@H]1C[C@@H]1C(=O)O. The Balaban J connectivity index is 1.69. The smallest absolute Gasteiger partial charge is 0.307 e. The van der Waals surface area contributed by atoms with E-state index < -0.39 is 11.9 Å². The molecule has 2 saturated carbocycles. The van der Waals surface area contributed by atoms with Crippen LogP contribution in [0.25, 0.3) is 0 Å². The minimum absolute atomic E-state index is 0.0500. The Morgan fingerprint density at radius 2 is 2.07 bits per heavy atom. The second-order valence-corrected chi connectivity index (χ2v) is 4.69. The Morgan fingerprint density at radius 1 is 1.33 bits per heavy atom. The minimum atomic E-state index is -0.837. The lowest BCUT2D eigenvalue weighted by atomic mass is 10.2. The van der Waals surface area contributed by atoms with Crippen LogP contribution in [0.15, 0.2) is 0 Å². The predicted octanol–water partition coefficient (Wildman–Crippen LogP) is 1.01. The number of aliphatic carboxylic acids is 1. The number of carbonyl (C=O) groups is 2. The van der Waals surface area contributed by atoms with Crippen LogP contribution in [-0.2, 0) is 9.59 Å². The molecule has 2 aliphatic rings. The molecule has 84 valence electrons. The van der Waals surface area contributed by atoms with Gasteiger partial charge in [0.25, 0.3) is 0 Å². The number of rotatable bonds is 5. The molecule has 0 aromatic heterocycles. The number of hydrogen-bond donors (Lipinski definition) is 2. The summed E-state index contributed by atoms with van der Waals surface area (Å²) in [4.78, 5) is 22.1. The molecule has 2 aliphatic carbocycles. The maximum atomic E-state index is 11.5. The van der Waals surface area contributed by atoms with Gasteiger partial charge in [-0.2, -0.15) is 0 Å². The molecular weight excluding hydrogens is 194 g/mol. The van der Waals surface area contributed by atoms with E-state index in [1.165, 1.54) is 0 Å². The van der Waals surface area contributed by atoms with E-state index >= 15 is 0 Å². The second kappa shape index (κ2) is 3.83. The van der Waals surface area contributed by atoms with E-state index in [9.17, 15) is 9.59 Å². The Morgan fingerprint density at radius 3 is 2.60 bits per heavy atom. The molecule has 0 aromatic carbocycles. The molecule has 2 N–H and O–H groups in total. The van der Waals surface area contributed by atoms with Crippen LogP contribution in [0.1, 0.15) is 32.6 Å². The van der Waals surface area contributed by atoms with Crippen molar-refractivity contribution in [2.24, 2.45) is 17.8 Å². The second-order valence-electron chi connectivity index (χ2n) is 4.69. The van der Waals surface area contributed by atoms with Crippen LogP contribution < -0.4 is 5.32 Å². The van der Waals surface area contributed by atoms with Crippen molar-refractivity contribution in [2.45, 2.75) is 38.6 Å². The highest BCUT2D eigenvalue weighted by atomic mass is 16.4. The van der Waals surface area contributed by atoms with Crippen LogP contribution in [0, 0.1) is 17.8 Å². The van der Waals surface area contributed by atoms with Gasteiger partial charge in [0.2, 0.25) is 5.91 Å². The zero-order chi connectivity index (χ0) is 11.0. The van der Waals surface area contributed by atoms with Gasteiger partial charge in [-0.05, 0) is 25.2 Å². The minimum Gasteiger partial charge on any atom is -0.481 e. The van der Waals surface area contributed by atoms with Crippen molar-refractivity contribution in [3.05, 3.63) is 0 Å². The molecule has 0 aliphatic heterocycles. The fourth-order valence-corrected chi connectivity index (χ4v) is 2.16. The number of carboxylic acid groups (broad SMARTS) is 1. The molecule has 2 fully saturated rings. The van der Waals surface area contributed by atoms with E-state index in [2.05, 4.69) is 12.2 Å². The molecule has 4 heteroatoms. The van der Waals surface area contributed by atoms with Gasteiger partial charge in [0.05, 0.1) is 11.8 Å². The molecule has 0 saturated heterocycles. The molecular formula is C11H17NO3. The molecule has 4 atom stereocenters. The van der Waals surface area contributed by atoms with E-state index in [1.54, 1.807) is 0 Å². The molecule has 0 radical (unpaired) electrons. The Bertz CT molecular complexity index is 290. The van der Waals surface area contributed by atoms with Gasteiger partial charge in [-0.15, -0.1) is 0 Å². The maximum Gasteiger partial charge on any atom is 0.307 e. The number of nitrogens with one attached hydrogen (secondary N) is 1. The van der Waals surface area contributed by atoms with Crippen molar-refractivity contribution >= 4 is 11.9 Å². The third-order valence-corrected chi connectivity index (χ3v) is 3.35. The number of carbonyl (C=O) groups excluding carboxylic acids is 1. The molecule has 2 unspecified atom stereocenters. The van der Waals surface area contributed by atoms with Crippen LogP contribution in [0.4, 0.5) is 0 Å². The lowest BCUT2D eigenvalue weighted by molar-refractivity contribution is -0.140. The van der Waals surface area contributed by atoms with E-state index in [0.29, 0.717) is 18.4 Å². The van der Waals surface area contributed by atoms with Gasteiger partial charge in [0, 0.05) is 6.04 Å². The normalized spacial score (nSPS) is 37.1. The van der Waals surface area contributed by atoms with Crippen LogP contribution >= 0.6 is 0 Å².